The van der Waals surface area contributed by atoms with E-state index in [0.29, 0.717) is 0 Å². The SMILES string of the molecule is Cc1c(Br)cccc1CC[C@@H](C)O. The van der Waals surface area contributed by atoms with Gasteiger partial charge in [0.05, 0.1) is 6.10 Å². The van der Waals surface area contributed by atoms with Crippen molar-refractivity contribution in [2.75, 3.05) is 0 Å². The Kier molecular flexibility index (Phi) is 3.94. The summed E-state index contributed by atoms with van der Waals surface area (Å²) in [7, 11) is 0. The highest BCUT2D eigenvalue weighted by Gasteiger charge is 2.03. The zero-order valence-corrected chi connectivity index (χ0v) is 9.63. The van der Waals surface area contributed by atoms with E-state index in [1.165, 1.54) is 11.1 Å². The molecule has 0 aliphatic carbocycles. The fourth-order valence-electron chi connectivity index (χ4n) is 1.29. The maximum absolute atomic E-state index is 9.16. The summed E-state index contributed by atoms with van der Waals surface area (Å²) in [6.45, 7) is 3.93. The Morgan fingerprint density at radius 1 is 1.46 bits per heavy atom. The summed E-state index contributed by atoms with van der Waals surface area (Å²) in [4.78, 5) is 0. The number of rotatable bonds is 3. The van der Waals surface area contributed by atoms with E-state index in [1.54, 1.807) is 0 Å². The fraction of sp³-hybridized carbons (Fsp3) is 0.455. The van der Waals surface area contributed by atoms with Crippen molar-refractivity contribution >= 4 is 15.9 Å². The molecule has 0 saturated carbocycles. The molecular weight excluding hydrogens is 228 g/mol. The molecule has 0 amide bonds. The van der Waals surface area contributed by atoms with E-state index in [4.69, 9.17) is 5.11 Å². The summed E-state index contributed by atoms with van der Waals surface area (Å²) < 4.78 is 1.15. The van der Waals surface area contributed by atoms with Crippen LogP contribution in [0.4, 0.5) is 0 Å². The van der Waals surface area contributed by atoms with Crippen LogP contribution in [0.25, 0.3) is 0 Å². The van der Waals surface area contributed by atoms with Gasteiger partial charge in [-0.1, -0.05) is 28.1 Å². The zero-order chi connectivity index (χ0) is 9.84. The van der Waals surface area contributed by atoms with E-state index < -0.39 is 0 Å². The third-order valence-electron chi connectivity index (χ3n) is 2.21. The lowest BCUT2D eigenvalue weighted by Crippen LogP contribution is -2.02. The van der Waals surface area contributed by atoms with Gasteiger partial charge in [-0.25, -0.2) is 0 Å². The third-order valence-corrected chi connectivity index (χ3v) is 3.07. The molecule has 1 atom stereocenters. The first kappa shape index (κ1) is 10.7. The molecule has 0 radical (unpaired) electrons. The molecule has 2 heteroatoms. The van der Waals surface area contributed by atoms with Crippen LogP contribution in [-0.4, -0.2) is 11.2 Å². The highest BCUT2D eigenvalue weighted by Crippen LogP contribution is 2.20. The predicted molar refractivity (Wildman–Crippen MR) is 58.9 cm³/mol. The van der Waals surface area contributed by atoms with Crippen LogP contribution >= 0.6 is 15.9 Å². The number of aliphatic hydroxyl groups is 1. The van der Waals surface area contributed by atoms with E-state index in [9.17, 15) is 0 Å². The van der Waals surface area contributed by atoms with Gasteiger partial charge in [-0.15, -0.1) is 0 Å². The lowest BCUT2D eigenvalue weighted by atomic mass is 10.0. The summed E-state index contributed by atoms with van der Waals surface area (Å²) in [5, 5.41) is 9.16. The average molecular weight is 243 g/mol. The van der Waals surface area contributed by atoms with Crippen LogP contribution in [-0.2, 0) is 6.42 Å². The van der Waals surface area contributed by atoms with Crippen molar-refractivity contribution in [2.45, 2.75) is 32.8 Å². The first-order valence-electron chi connectivity index (χ1n) is 4.53. The smallest absolute Gasteiger partial charge is 0.0515 e. The van der Waals surface area contributed by atoms with Crippen molar-refractivity contribution in [1.29, 1.82) is 0 Å². The summed E-state index contributed by atoms with van der Waals surface area (Å²) in [6, 6.07) is 6.19. The van der Waals surface area contributed by atoms with Gasteiger partial charge in [0.25, 0.3) is 0 Å². The molecule has 0 aliphatic heterocycles. The molecule has 1 N–H and O–H groups in total. The maximum Gasteiger partial charge on any atom is 0.0515 e. The molecule has 0 aromatic heterocycles. The molecule has 72 valence electrons. The molecule has 1 rings (SSSR count). The van der Waals surface area contributed by atoms with E-state index in [2.05, 4.69) is 28.9 Å². The van der Waals surface area contributed by atoms with Crippen molar-refractivity contribution in [3.63, 3.8) is 0 Å². The van der Waals surface area contributed by atoms with Crippen molar-refractivity contribution in [3.8, 4) is 0 Å². The van der Waals surface area contributed by atoms with Gasteiger partial charge >= 0.3 is 0 Å². The quantitative estimate of drug-likeness (QED) is 0.864. The van der Waals surface area contributed by atoms with E-state index in [1.807, 2.05) is 19.1 Å². The average Bonchev–Trinajstić information content (AvgIpc) is 2.07. The van der Waals surface area contributed by atoms with Crippen molar-refractivity contribution in [2.24, 2.45) is 0 Å². The highest BCUT2D eigenvalue weighted by molar-refractivity contribution is 9.10. The van der Waals surface area contributed by atoms with Gasteiger partial charge in [-0.2, -0.15) is 0 Å². The number of halogens is 1. The second-order valence-electron chi connectivity index (χ2n) is 3.41. The highest BCUT2D eigenvalue weighted by atomic mass is 79.9. The van der Waals surface area contributed by atoms with Crippen LogP contribution in [0.3, 0.4) is 0 Å². The van der Waals surface area contributed by atoms with Crippen LogP contribution < -0.4 is 0 Å². The topological polar surface area (TPSA) is 20.2 Å². The monoisotopic (exact) mass is 242 g/mol. The second kappa shape index (κ2) is 4.77. The third kappa shape index (κ3) is 3.12. The van der Waals surface area contributed by atoms with Gasteiger partial charge in [-0.3, -0.25) is 0 Å². The van der Waals surface area contributed by atoms with Gasteiger partial charge in [0.1, 0.15) is 0 Å². The van der Waals surface area contributed by atoms with Crippen LogP contribution in [0, 0.1) is 6.92 Å². The predicted octanol–water partition coefficient (Wildman–Crippen LogP) is 3.07. The minimum atomic E-state index is -0.210. The number of hydrogen-bond donors (Lipinski definition) is 1. The Balaban J connectivity index is 2.71. The lowest BCUT2D eigenvalue weighted by Gasteiger charge is -2.08. The minimum Gasteiger partial charge on any atom is -0.393 e. The maximum atomic E-state index is 9.16. The van der Waals surface area contributed by atoms with E-state index in [0.717, 1.165) is 17.3 Å². The zero-order valence-electron chi connectivity index (χ0n) is 8.05. The molecule has 1 aromatic carbocycles. The summed E-state index contributed by atoms with van der Waals surface area (Å²) in [6.07, 6.45) is 1.57. The largest absolute Gasteiger partial charge is 0.393 e. The Hall–Kier alpha value is -0.340. The Morgan fingerprint density at radius 3 is 2.77 bits per heavy atom. The van der Waals surface area contributed by atoms with Crippen molar-refractivity contribution in [3.05, 3.63) is 33.8 Å². The minimum absolute atomic E-state index is 0.210. The Labute approximate surface area is 87.9 Å². The Bertz CT molecular complexity index is 281. The van der Waals surface area contributed by atoms with Gasteiger partial charge < -0.3 is 5.11 Å². The summed E-state index contributed by atoms with van der Waals surface area (Å²) >= 11 is 3.49. The van der Waals surface area contributed by atoms with Crippen molar-refractivity contribution in [1.82, 2.24) is 0 Å². The summed E-state index contributed by atoms with van der Waals surface area (Å²) in [5.74, 6) is 0. The lowest BCUT2D eigenvalue weighted by molar-refractivity contribution is 0.185. The molecular formula is C11H15BrO. The van der Waals surface area contributed by atoms with Crippen LogP contribution in [0.1, 0.15) is 24.5 Å². The Morgan fingerprint density at radius 2 is 2.15 bits per heavy atom. The van der Waals surface area contributed by atoms with E-state index >= 15 is 0 Å². The van der Waals surface area contributed by atoms with Gasteiger partial charge in [-0.05, 0) is 43.9 Å². The molecule has 1 aromatic rings. The molecule has 0 unspecified atom stereocenters. The fourth-order valence-corrected chi connectivity index (χ4v) is 1.69. The number of aliphatic hydroxyl groups excluding tert-OH is 1. The first-order chi connectivity index (χ1) is 6.11. The molecule has 0 saturated heterocycles. The van der Waals surface area contributed by atoms with Crippen LogP contribution in [0.15, 0.2) is 22.7 Å². The first-order valence-corrected chi connectivity index (χ1v) is 5.32. The molecule has 13 heavy (non-hydrogen) atoms. The molecule has 0 bridgehead atoms. The van der Waals surface area contributed by atoms with Gasteiger partial charge in [0.15, 0.2) is 0 Å². The van der Waals surface area contributed by atoms with E-state index in [-0.39, 0.29) is 6.10 Å². The standard InChI is InChI=1S/C11H15BrO/c1-8(13)6-7-10-4-3-5-11(12)9(10)2/h3-5,8,13H,6-7H2,1-2H3/t8-/m1/s1. The van der Waals surface area contributed by atoms with Gasteiger partial charge in [0.2, 0.25) is 0 Å². The molecule has 0 fully saturated rings. The number of benzene rings is 1. The number of hydrogen-bond acceptors (Lipinski definition) is 1. The molecule has 1 nitrogen and oxygen atoms in total. The second-order valence-corrected chi connectivity index (χ2v) is 4.27. The van der Waals surface area contributed by atoms with Crippen LogP contribution in [0.5, 0.6) is 0 Å². The molecule has 0 heterocycles. The molecule has 0 spiro atoms. The van der Waals surface area contributed by atoms with Gasteiger partial charge in [0, 0.05) is 4.47 Å². The normalized spacial score (nSPS) is 12.9. The molecule has 0 aliphatic rings. The van der Waals surface area contributed by atoms with Crippen molar-refractivity contribution < 1.29 is 5.11 Å². The summed E-state index contributed by atoms with van der Waals surface area (Å²) in [5.41, 5.74) is 2.60. The van der Waals surface area contributed by atoms with Crippen LogP contribution in [0.2, 0.25) is 0 Å². The number of aryl methyl sites for hydroxylation is 1.